The van der Waals surface area contributed by atoms with Crippen molar-refractivity contribution in [2.45, 2.75) is 6.04 Å². The summed E-state index contributed by atoms with van der Waals surface area (Å²) in [7, 11) is 1.90. The monoisotopic (exact) mass is 323 g/mol. The average Bonchev–Trinajstić information content (AvgIpc) is 2.40. The van der Waals surface area contributed by atoms with Crippen LogP contribution in [0.3, 0.4) is 0 Å². The molecule has 4 nitrogen and oxygen atoms in total. The highest BCUT2D eigenvalue weighted by atomic mass is 79.9. The third-order valence-electron chi connectivity index (χ3n) is 4.05. The van der Waals surface area contributed by atoms with Gasteiger partial charge in [0.25, 0.3) is 0 Å². The van der Waals surface area contributed by atoms with Crippen LogP contribution in [0.15, 0.2) is 28.7 Å². The molecular weight excluding hydrogens is 306 g/mol. The number of fused-ring (bicyclic) bond motifs is 1. The molecule has 0 saturated carbocycles. The Morgan fingerprint density at radius 3 is 2.63 bits per heavy atom. The Kier molecular flexibility index (Phi) is 3.50. The summed E-state index contributed by atoms with van der Waals surface area (Å²) >= 11 is 3.47. The Hall–Kier alpha value is -1.07. The van der Waals surface area contributed by atoms with Crippen molar-refractivity contribution in [1.29, 1.82) is 0 Å². The molecule has 1 amide bonds. The van der Waals surface area contributed by atoms with Gasteiger partial charge in [0.15, 0.2) is 0 Å². The van der Waals surface area contributed by atoms with Crippen LogP contribution >= 0.6 is 15.9 Å². The van der Waals surface area contributed by atoms with Crippen LogP contribution in [0, 0.1) is 0 Å². The number of hydrogen-bond acceptors (Lipinski definition) is 3. The molecule has 0 spiro atoms. The molecule has 2 saturated heterocycles. The van der Waals surface area contributed by atoms with Gasteiger partial charge in [-0.05, 0) is 24.3 Å². The van der Waals surface area contributed by atoms with Gasteiger partial charge in [0, 0.05) is 49.4 Å². The zero-order valence-electron chi connectivity index (χ0n) is 11.1. The first-order valence-corrected chi connectivity index (χ1v) is 7.41. The van der Waals surface area contributed by atoms with Crippen molar-refractivity contribution in [2.75, 3.05) is 44.7 Å². The van der Waals surface area contributed by atoms with Crippen molar-refractivity contribution in [3.63, 3.8) is 0 Å². The third-order valence-corrected chi connectivity index (χ3v) is 4.57. The first kappa shape index (κ1) is 12.9. The topological polar surface area (TPSA) is 26.8 Å². The van der Waals surface area contributed by atoms with Gasteiger partial charge >= 0.3 is 0 Å². The fraction of sp³-hybridized carbons (Fsp3) is 0.500. The van der Waals surface area contributed by atoms with Crippen LogP contribution in [-0.4, -0.2) is 61.5 Å². The van der Waals surface area contributed by atoms with Crippen LogP contribution in [0.4, 0.5) is 5.69 Å². The van der Waals surface area contributed by atoms with Gasteiger partial charge in [-0.2, -0.15) is 0 Å². The molecule has 1 unspecified atom stereocenters. The van der Waals surface area contributed by atoms with Gasteiger partial charge < -0.3 is 9.80 Å². The van der Waals surface area contributed by atoms with Crippen LogP contribution in [0.2, 0.25) is 0 Å². The lowest BCUT2D eigenvalue weighted by atomic mass is 10.1. The summed E-state index contributed by atoms with van der Waals surface area (Å²) < 4.78 is 1.11. The Bertz CT molecular complexity index is 476. The fourth-order valence-electron chi connectivity index (χ4n) is 2.87. The van der Waals surface area contributed by atoms with Crippen molar-refractivity contribution in [1.82, 2.24) is 9.80 Å². The summed E-state index contributed by atoms with van der Waals surface area (Å²) in [6, 6.07) is 8.92. The van der Waals surface area contributed by atoms with E-state index < -0.39 is 0 Å². The highest BCUT2D eigenvalue weighted by molar-refractivity contribution is 9.10. The minimum atomic E-state index is 0.244. The number of halogens is 1. The normalized spacial score (nSPS) is 24.5. The molecule has 0 N–H and O–H groups in total. The summed E-state index contributed by atoms with van der Waals surface area (Å²) in [6.07, 6.45) is 0. The van der Waals surface area contributed by atoms with Gasteiger partial charge in [0.05, 0.1) is 6.54 Å². The number of carbonyl (C=O) groups is 1. The molecule has 5 heteroatoms. The predicted octanol–water partition coefficient (Wildman–Crippen LogP) is 1.41. The van der Waals surface area contributed by atoms with Crippen molar-refractivity contribution in [2.24, 2.45) is 0 Å². The number of likely N-dealkylation sites (N-methyl/N-ethyl adjacent to an activating group) is 1. The molecule has 102 valence electrons. The van der Waals surface area contributed by atoms with Crippen LogP contribution in [-0.2, 0) is 4.79 Å². The number of piperazine rings is 2. The first-order valence-electron chi connectivity index (χ1n) is 6.62. The highest BCUT2D eigenvalue weighted by Gasteiger charge is 2.34. The van der Waals surface area contributed by atoms with E-state index in [1.807, 2.05) is 11.9 Å². The fourth-order valence-corrected chi connectivity index (χ4v) is 3.14. The summed E-state index contributed by atoms with van der Waals surface area (Å²) in [5, 5.41) is 0. The number of nitrogens with zero attached hydrogens (tertiary/aromatic N) is 3. The largest absolute Gasteiger partial charge is 0.369 e. The van der Waals surface area contributed by atoms with Gasteiger partial charge in [0.1, 0.15) is 0 Å². The second-order valence-electron chi connectivity index (χ2n) is 5.32. The van der Waals surface area contributed by atoms with Gasteiger partial charge in [-0.15, -0.1) is 0 Å². The molecule has 2 aliphatic heterocycles. The molecule has 1 atom stereocenters. The lowest BCUT2D eigenvalue weighted by Crippen LogP contribution is -2.63. The summed E-state index contributed by atoms with van der Waals surface area (Å²) in [5.74, 6) is 0.244. The first-order chi connectivity index (χ1) is 9.13. The number of hydrogen-bond donors (Lipinski definition) is 0. The van der Waals surface area contributed by atoms with E-state index in [1.165, 1.54) is 5.69 Å². The van der Waals surface area contributed by atoms with E-state index in [1.54, 1.807) is 0 Å². The van der Waals surface area contributed by atoms with E-state index in [9.17, 15) is 4.79 Å². The summed E-state index contributed by atoms with van der Waals surface area (Å²) in [4.78, 5) is 18.3. The van der Waals surface area contributed by atoms with Crippen LogP contribution in [0.1, 0.15) is 0 Å². The van der Waals surface area contributed by atoms with Crippen molar-refractivity contribution >= 4 is 27.5 Å². The molecule has 3 rings (SSSR count). The Balaban J connectivity index is 1.71. The van der Waals surface area contributed by atoms with E-state index in [0.717, 1.165) is 30.7 Å². The van der Waals surface area contributed by atoms with Crippen LogP contribution < -0.4 is 4.90 Å². The minimum Gasteiger partial charge on any atom is -0.369 e. The van der Waals surface area contributed by atoms with Gasteiger partial charge in [-0.25, -0.2) is 0 Å². The lowest BCUT2D eigenvalue weighted by molar-refractivity contribution is -0.137. The molecule has 1 aromatic carbocycles. The van der Waals surface area contributed by atoms with Gasteiger partial charge in [-0.3, -0.25) is 9.69 Å². The number of rotatable bonds is 1. The number of amides is 1. The highest BCUT2D eigenvalue weighted by Crippen LogP contribution is 2.23. The second-order valence-corrected chi connectivity index (χ2v) is 6.24. The number of carbonyl (C=O) groups excluding carboxylic acids is 1. The second kappa shape index (κ2) is 5.13. The molecule has 1 aromatic rings. The Morgan fingerprint density at radius 1 is 1.16 bits per heavy atom. The maximum Gasteiger partial charge on any atom is 0.236 e. The third kappa shape index (κ3) is 2.62. The van der Waals surface area contributed by atoms with Crippen LogP contribution in [0.5, 0.6) is 0 Å². The average molecular weight is 324 g/mol. The quantitative estimate of drug-likeness (QED) is 0.782. The van der Waals surface area contributed by atoms with E-state index in [-0.39, 0.29) is 5.91 Å². The Morgan fingerprint density at radius 2 is 1.89 bits per heavy atom. The molecule has 2 fully saturated rings. The van der Waals surface area contributed by atoms with Crippen LogP contribution in [0.25, 0.3) is 0 Å². The van der Waals surface area contributed by atoms with Gasteiger partial charge in [-0.1, -0.05) is 15.9 Å². The maximum absolute atomic E-state index is 11.7. The van der Waals surface area contributed by atoms with Crippen molar-refractivity contribution in [3.05, 3.63) is 28.7 Å². The zero-order chi connectivity index (χ0) is 13.4. The standard InChI is InChI=1S/C14H18BrN3O/c1-16-8-13-9-17(6-7-18(13)10-14(16)19)12-4-2-11(15)3-5-12/h2-5,13H,6-10H2,1H3. The van der Waals surface area contributed by atoms with E-state index in [0.29, 0.717) is 12.6 Å². The summed E-state index contributed by atoms with van der Waals surface area (Å²) in [5.41, 5.74) is 1.27. The molecule has 0 bridgehead atoms. The van der Waals surface area contributed by atoms with E-state index >= 15 is 0 Å². The molecule has 0 radical (unpaired) electrons. The summed E-state index contributed by atoms with van der Waals surface area (Å²) in [6.45, 7) is 4.38. The lowest BCUT2D eigenvalue weighted by Gasteiger charge is -2.46. The molecule has 2 heterocycles. The number of benzene rings is 1. The SMILES string of the molecule is CN1CC2CN(c3ccc(Br)cc3)CCN2CC1=O. The Labute approximate surface area is 122 Å². The van der Waals surface area contributed by atoms with Crippen molar-refractivity contribution in [3.8, 4) is 0 Å². The van der Waals surface area contributed by atoms with E-state index in [4.69, 9.17) is 0 Å². The molecule has 0 aliphatic carbocycles. The minimum absolute atomic E-state index is 0.244. The van der Waals surface area contributed by atoms with Gasteiger partial charge in [0.2, 0.25) is 5.91 Å². The maximum atomic E-state index is 11.7. The molecule has 0 aromatic heterocycles. The predicted molar refractivity (Wildman–Crippen MR) is 79.4 cm³/mol. The van der Waals surface area contributed by atoms with E-state index in [2.05, 4.69) is 50.0 Å². The zero-order valence-corrected chi connectivity index (χ0v) is 12.6. The smallest absolute Gasteiger partial charge is 0.236 e. The molecular formula is C14H18BrN3O. The molecule has 19 heavy (non-hydrogen) atoms. The van der Waals surface area contributed by atoms with Crippen molar-refractivity contribution < 1.29 is 4.79 Å². The number of anilines is 1. The molecule has 2 aliphatic rings.